The van der Waals surface area contributed by atoms with Crippen LogP contribution in [0.4, 0.5) is 0 Å². The number of para-hydroxylation sites is 1. The molecular formula is C16H21N3O. The van der Waals surface area contributed by atoms with Crippen LogP contribution in [-0.4, -0.2) is 19.9 Å². The maximum absolute atomic E-state index is 9.45. The molecule has 0 amide bonds. The number of benzene rings is 1. The van der Waals surface area contributed by atoms with Crippen molar-refractivity contribution in [2.75, 3.05) is 0 Å². The van der Waals surface area contributed by atoms with E-state index in [-0.39, 0.29) is 6.61 Å². The Balaban J connectivity index is 1.81. The van der Waals surface area contributed by atoms with Crippen molar-refractivity contribution in [3.8, 4) is 5.69 Å². The molecule has 1 aromatic carbocycles. The van der Waals surface area contributed by atoms with Crippen LogP contribution in [0.15, 0.2) is 30.3 Å². The second kappa shape index (κ2) is 6.18. The maximum atomic E-state index is 9.45. The van der Waals surface area contributed by atoms with Gasteiger partial charge >= 0.3 is 0 Å². The fraction of sp³-hybridized carbons (Fsp3) is 0.500. The van der Waals surface area contributed by atoms with E-state index in [0.717, 1.165) is 23.9 Å². The molecule has 2 aromatic rings. The number of aryl methyl sites for hydroxylation is 1. The SMILES string of the molecule is OCc1nnc(CCC2CCCC2)n1-c1ccccc1. The van der Waals surface area contributed by atoms with Crippen LogP contribution in [0.25, 0.3) is 5.69 Å². The van der Waals surface area contributed by atoms with E-state index in [2.05, 4.69) is 10.2 Å². The van der Waals surface area contributed by atoms with Crippen molar-refractivity contribution in [2.45, 2.75) is 45.1 Å². The van der Waals surface area contributed by atoms with Crippen molar-refractivity contribution in [3.63, 3.8) is 0 Å². The lowest BCUT2D eigenvalue weighted by atomic mass is 10.0. The van der Waals surface area contributed by atoms with Crippen LogP contribution in [0, 0.1) is 5.92 Å². The standard InChI is InChI=1S/C16H21N3O/c20-12-16-18-17-15(11-10-13-6-4-5-7-13)19(16)14-8-2-1-3-9-14/h1-3,8-9,13,20H,4-7,10-12H2. The third-order valence-electron chi connectivity index (χ3n) is 4.20. The van der Waals surface area contributed by atoms with Gasteiger partial charge in [0.15, 0.2) is 5.82 Å². The zero-order chi connectivity index (χ0) is 13.8. The normalized spacial score (nSPS) is 15.8. The van der Waals surface area contributed by atoms with Crippen molar-refractivity contribution in [1.29, 1.82) is 0 Å². The van der Waals surface area contributed by atoms with E-state index in [1.165, 1.54) is 32.1 Å². The van der Waals surface area contributed by atoms with Crippen molar-refractivity contribution >= 4 is 0 Å². The van der Waals surface area contributed by atoms with Gasteiger partial charge in [-0.05, 0) is 24.5 Å². The van der Waals surface area contributed by atoms with E-state index >= 15 is 0 Å². The second-order valence-corrected chi connectivity index (χ2v) is 5.55. The molecule has 0 atom stereocenters. The number of aliphatic hydroxyl groups is 1. The van der Waals surface area contributed by atoms with Crippen molar-refractivity contribution in [1.82, 2.24) is 14.8 Å². The molecule has 0 bridgehead atoms. The van der Waals surface area contributed by atoms with E-state index < -0.39 is 0 Å². The quantitative estimate of drug-likeness (QED) is 0.909. The van der Waals surface area contributed by atoms with E-state index in [9.17, 15) is 5.11 Å². The van der Waals surface area contributed by atoms with Crippen LogP contribution in [0.1, 0.15) is 43.8 Å². The fourth-order valence-electron chi connectivity index (χ4n) is 3.13. The molecule has 4 heteroatoms. The summed E-state index contributed by atoms with van der Waals surface area (Å²) in [6.45, 7) is -0.0781. The van der Waals surface area contributed by atoms with Crippen LogP contribution in [0.5, 0.6) is 0 Å². The van der Waals surface area contributed by atoms with Crippen LogP contribution in [-0.2, 0) is 13.0 Å². The van der Waals surface area contributed by atoms with Gasteiger partial charge in [0.2, 0.25) is 0 Å². The molecule has 0 radical (unpaired) electrons. The van der Waals surface area contributed by atoms with Crippen LogP contribution in [0.3, 0.4) is 0 Å². The van der Waals surface area contributed by atoms with E-state index in [1.807, 2.05) is 34.9 Å². The lowest BCUT2D eigenvalue weighted by Gasteiger charge is -2.11. The number of aromatic nitrogens is 3. The summed E-state index contributed by atoms with van der Waals surface area (Å²) in [6, 6.07) is 10.0. The highest BCUT2D eigenvalue weighted by molar-refractivity contribution is 5.33. The lowest BCUT2D eigenvalue weighted by molar-refractivity contribution is 0.268. The molecule has 3 rings (SSSR count). The van der Waals surface area contributed by atoms with Gasteiger partial charge in [0.25, 0.3) is 0 Å². The number of aliphatic hydroxyl groups excluding tert-OH is 1. The highest BCUT2D eigenvalue weighted by Gasteiger charge is 2.18. The molecule has 1 aliphatic rings. The number of hydrogen-bond acceptors (Lipinski definition) is 3. The van der Waals surface area contributed by atoms with Gasteiger partial charge in [-0.25, -0.2) is 0 Å². The van der Waals surface area contributed by atoms with E-state index in [1.54, 1.807) is 0 Å². The van der Waals surface area contributed by atoms with Gasteiger partial charge in [-0.3, -0.25) is 4.57 Å². The van der Waals surface area contributed by atoms with E-state index in [4.69, 9.17) is 0 Å². The summed E-state index contributed by atoms with van der Waals surface area (Å²) >= 11 is 0. The molecule has 1 fully saturated rings. The van der Waals surface area contributed by atoms with Crippen LogP contribution >= 0.6 is 0 Å². The molecule has 1 saturated carbocycles. The maximum Gasteiger partial charge on any atom is 0.163 e. The Kier molecular flexibility index (Phi) is 4.11. The third-order valence-corrected chi connectivity index (χ3v) is 4.20. The lowest BCUT2D eigenvalue weighted by Crippen LogP contribution is -2.07. The first-order valence-corrected chi connectivity index (χ1v) is 7.48. The zero-order valence-corrected chi connectivity index (χ0v) is 11.7. The van der Waals surface area contributed by atoms with Crippen LogP contribution in [0.2, 0.25) is 0 Å². The minimum Gasteiger partial charge on any atom is -0.388 e. The topological polar surface area (TPSA) is 50.9 Å². The van der Waals surface area contributed by atoms with Gasteiger partial charge in [-0.2, -0.15) is 0 Å². The Bertz CT molecular complexity index is 544. The molecule has 106 valence electrons. The highest BCUT2D eigenvalue weighted by Crippen LogP contribution is 2.28. The average Bonchev–Trinajstić information content (AvgIpc) is 3.15. The minimum absolute atomic E-state index is 0.0781. The third kappa shape index (κ3) is 2.75. The predicted octanol–water partition coefficient (Wildman–Crippen LogP) is 2.88. The van der Waals surface area contributed by atoms with Crippen molar-refractivity contribution < 1.29 is 5.11 Å². The molecule has 20 heavy (non-hydrogen) atoms. The molecule has 0 spiro atoms. The minimum atomic E-state index is -0.0781. The summed E-state index contributed by atoms with van der Waals surface area (Å²) in [4.78, 5) is 0. The van der Waals surface area contributed by atoms with Gasteiger partial charge in [-0.1, -0.05) is 43.9 Å². The second-order valence-electron chi connectivity index (χ2n) is 5.55. The molecule has 0 unspecified atom stereocenters. The Morgan fingerprint density at radius 1 is 1.05 bits per heavy atom. The first-order chi connectivity index (χ1) is 9.88. The molecule has 1 aliphatic carbocycles. The van der Waals surface area contributed by atoms with E-state index in [0.29, 0.717) is 5.82 Å². The Morgan fingerprint density at radius 3 is 2.45 bits per heavy atom. The fourth-order valence-corrected chi connectivity index (χ4v) is 3.13. The smallest absolute Gasteiger partial charge is 0.163 e. The average molecular weight is 271 g/mol. The molecule has 4 nitrogen and oxygen atoms in total. The first-order valence-electron chi connectivity index (χ1n) is 7.48. The Morgan fingerprint density at radius 2 is 1.75 bits per heavy atom. The highest BCUT2D eigenvalue weighted by atomic mass is 16.3. The predicted molar refractivity (Wildman–Crippen MR) is 77.6 cm³/mol. The Hall–Kier alpha value is -1.68. The van der Waals surface area contributed by atoms with Gasteiger partial charge in [0, 0.05) is 12.1 Å². The number of rotatable bonds is 5. The van der Waals surface area contributed by atoms with Gasteiger partial charge < -0.3 is 5.11 Å². The molecule has 0 saturated heterocycles. The zero-order valence-electron chi connectivity index (χ0n) is 11.7. The molecule has 0 aliphatic heterocycles. The van der Waals surface area contributed by atoms with Gasteiger partial charge in [-0.15, -0.1) is 10.2 Å². The summed E-state index contributed by atoms with van der Waals surface area (Å²) in [5.74, 6) is 2.43. The molecule has 1 heterocycles. The summed E-state index contributed by atoms with van der Waals surface area (Å²) in [6.07, 6.45) is 7.57. The summed E-state index contributed by atoms with van der Waals surface area (Å²) in [5.41, 5.74) is 1.03. The largest absolute Gasteiger partial charge is 0.388 e. The molecular weight excluding hydrogens is 250 g/mol. The monoisotopic (exact) mass is 271 g/mol. The van der Waals surface area contributed by atoms with Gasteiger partial charge in [0.05, 0.1) is 0 Å². The van der Waals surface area contributed by atoms with Crippen molar-refractivity contribution in [3.05, 3.63) is 42.0 Å². The number of hydrogen-bond donors (Lipinski definition) is 1. The summed E-state index contributed by atoms with van der Waals surface area (Å²) in [7, 11) is 0. The molecule has 1 aromatic heterocycles. The molecule has 1 N–H and O–H groups in total. The number of nitrogens with zero attached hydrogens (tertiary/aromatic N) is 3. The summed E-state index contributed by atoms with van der Waals surface area (Å²) in [5, 5.41) is 17.8. The van der Waals surface area contributed by atoms with Crippen LogP contribution < -0.4 is 0 Å². The first kappa shape index (κ1) is 13.3. The Labute approximate surface area is 119 Å². The summed E-state index contributed by atoms with van der Waals surface area (Å²) < 4.78 is 1.99. The van der Waals surface area contributed by atoms with Crippen molar-refractivity contribution in [2.24, 2.45) is 5.92 Å². The van der Waals surface area contributed by atoms with Gasteiger partial charge in [0.1, 0.15) is 12.4 Å².